The Morgan fingerprint density at radius 1 is 1.14 bits per heavy atom. The minimum atomic E-state index is -3.45. The minimum absolute atomic E-state index is 0.0216. The largest absolute Gasteiger partial charge is 0.464 e. The second-order valence-corrected chi connectivity index (χ2v) is 10.9. The van der Waals surface area contributed by atoms with E-state index >= 15 is 0 Å². The maximum Gasteiger partial charge on any atom is 0.344 e. The fourth-order valence-corrected chi connectivity index (χ4v) is 5.15. The van der Waals surface area contributed by atoms with Gasteiger partial charge in [0.05, 0.1) is 6.26 Å². The average Bonchev–Trinajstić information content (AvgIpc) is 3.27. The first-order chi connectivity index (χ1) is 16.7. The third kappa shape index (κ3) is 6.51. The highest BCUT2D eigenvalue weighted by Gasteiger charge is 2.24. The van der Waals surface area contributed by atoms with Crippen LogP contribution in [0.15, 0.2) is 30.5 Å². The van der Waals surface area contributed by atoms with Gasteiger partial charge < -0.3 is 14.5 Å². The maximum absolute atomic E-state index is 12.7. The van der Waals surface area contributed by atoms with E-state index in [1.165, 1.54) is 33.8 Å². The first-order valence-electron chi connectivity index (χ1n) is 11.7. The van der Waals surface area contributed by atoms with Gasteiger partial charge in [0.15, 0.2) is 5.82 Å². The standard InChI is InChI=1S/C23H32N6O5S/c1-18-15-19(3-4-21(18)27-8-5-20(6-9-27)34-17-30)16-26-11-13-28(14-12-26)23(31)29-10-7-22(24-29)25-35(2,32)33/h3-4,7,10,15,17,20H,5-6,8-9,11-14,16H2,1-2H3,(H,24,25). The monoisotopic (exact) mass is 504 g/mol. The van der Waals surface area contributed by atoms with Gasteiger partial charge in [-0.3, -0.25) is 14.4 Å². The molecule has 1 N–H and O–H groups in total. The van der Waals surface area contributed by atoms with E-state index in [2.05, 4.69) is 44.7 Å². The molecule has 0 saturated carbocycles. The second-order valence-electron chi connectivity index (χ2n) is 9.11. The summed E-state index contributed by atoms with van der Waals surface area (Å²) in [6.45, 7) is 7.85. The van der Waals surface area contributed by atoms with Crippen molar-refractivity contribution >= 4 is 34.0 Å². The van der Waals surface area contributed by atoms with Crippen LogP contribution in [0.1, 0.15) is 24.0 Å². The van der Waals surface area contributed by atoms with E-state index in [9.17, 15) is 18.0 Å². The maximum atomic E-state index is 12.7. The van der Waals surface area contributed by atoms with Crippen LogP contribution in [0.25, 0.3) is 0 Å². The summed E-state index contributed by atoms with van der Waals surface area (Å²) in [5.74, 6) is 0.122. The normalized spacial score (nSPS) is 17.9. The van der Waals surface area contributed by atoms with Gasteiger partial charge in [0.25, 0.3) is 6.47 Å². The number of piperazine rings is 1. The summed E-state index contributed by atoms with van der Waals surface area (Å²) in [5.41, 5.74) is 3.68. The van der Waals surface area contributed by atoms with Crippen LogP contribution in [0.5, 0.6) is 0 Å². The summed E-state index contributed by atoms with van der Waals surface area (Å²) in [5, 5.41) is 4.02. The van der Waals surface area contributed by atoms with Crippen molar-refractivity contribution < 1.29 is 22.7 Å². The highest BCUT2D eigenvalue weighted by molar-refractivity contribution is 7.92. The molecule has 1 amide bonds. The van der Waals surface area contributed by atoms with Crippen LogP contribution in [0.3, 0.4) is 0 Å². The number of piperidine rings is 1. The fraction of sp³-hybridized carbons (Fsp3) is 0.522. The molecule has 2 fully saturated rings. The molecule has 4 rings (SSSR count). The van der Waals surface area contributed by atoms with Crippen LogP contribution in [0.2, 0.25) is 0 Å². The Morgan fingerprint density at radius 2 is 1.86 bits per heavy atom. The Morgan fingerprint density at radius 3 is 2.49 bits per heavy atom. The van der Waals surface area contributed by atoms with Crippen molar-refractivity contribution in [2.75, 3.05) is 55.1 Å². The van der Waals surface area contributed by atoms with Crippen LogP contribution in [0, 0.1) is 6.92 Å². The molecule has 0 bridgehead atoms. The summed E-state index contributed by atoms with van der Waals surface area (Å²) in [7, 11) is -3.45. The third-order valence-corrected chi connectivity index (χ3v) is 7.00. The molecule has 190 valence electrons. The zero-order valence-corrected chi connectivity index (χ0v) is 20.9. The molecule has 11 nitrogen and oxygen atoms in total. The van der Waals surface area contributed by atoms with Crippen LogP contribution in [0.4, 0.5) is 16.3 Å². The van der Waals surface area contributed by atoms with Crippen molar-refractivity contribution in [2.45, 2.75) is 32.4 Å². The Hall–Kier alpha value is -3.12. The first kappa shape index (κ1) is 25.0. The quantitative estimate of drug-likeness (QED) is 0.564. The van der Waals surface area contributed by atoms with E-state index in [4.69, 9.17) is 4.74 Å². The van der Waals surface area contributed by atoms with Gasteiger partial charge in [-0.2, -0.15) is 4.68 Å². The van der Waals surface area contributed by atoms with Gasteiger partial charge in [-0.05, 0) is 24.1 Å². The SMILES string of the molecule is Cc1cc(CN2CCN(C(=O)n3ccc(NS(C)(=O)=O)n3)CC2)ccc1N1CCC(OC=O)CC1. The number of amides is 1. The molecular weight excluding hydrogens is 472 g/mol. The molecule has 12 heteroatoms. The van der Waals surface area contributed by atoms with Crippen molar-refractivity contribution in [1.82, 2.24) is 19.6 Å². The summed E-state index contributed by atoms with van der Waals surface area (Å²) in [6, 6.07) is 7.75. The summed E-state index contributed by atoms with van der Waals surface area (Å²) < 4.78 is 31.2. The van der Waals surface area contributed by atoms with Crippen molar-refractivity contribution in [2.24, 2.45) is 0 Å². The van der Waals surface area contributed by atoms with Crippen LogP contribution in [-0.4, -0.2) is 92.1 Å². The predicted molar refractivity (Wildman–Crippen MR) is 132 cm³/mol. The predicted octanol–water partition coefficient (Wildman–Crippen LogP) is 1.49. The number of carbonyl (C=O) groups excluding carboxylic acids is 2. The molecule has 1 aromatic carbocycles. The Kier molecular flexibility index (Phi) is 7.60. The van der Waals surface area contributed by atoms with Gasteiger partial charge >= 0.3 is 6.03 Å². The van der Waals surface area contributed by atoms with Crippen LogP contribution < -0.4 is 9.62 Å². The van der Waals surface area contributed by atoms with Crippen molar-refractivity contribution in [3.8, 4) is 0 Å². The summed E-state index contributed by atoms with van der Waals surface area (Å²) in [6.07, 6.45) is 4.21. The Labute approximate surface area is 205 Å². The zero-order valence-electron chi connectivity index (χ0n) is 20.1. The third-order valence-electron chi connectivity index (χ3n) is 6.42. The molecule has 2 aliphatic heterocycles. The number of sulfonamides is 1. The van der Waals surface area contributed by atoms with Crippen molar-refractivity contribution in [1.29, 1.82) is 0 Å². The van der Waals surface area contributed by atoms with Crippen LogP contribution in [-0.2, 0) is 26.1 Å². The van der Waals surface area contributed by atoms with E-state index in [0.717, 1.165) is 51.8 Å². The molecule has 0 unspecified atom stereocenters. The van der Waals surface area contributed by atoms with Gasteiger partial charge in [0.1, 0.15) is 6.10 Å². The molecule has 0 atom stereocenters. The van der Waals surface area contributed by atoms with Crippen LogP contribution >= 0.6 is 0 Å². The number of aromatic nitrogens is 2. The lowest BCUT2D eigenvalue weighted by atomic mass is 10.0. The van der Waals surface area contributed by atoms with Gasteiger partial charge in [-0.15, -0.1) is 5.10 Å². The molecule has 3 heterocycles. The van der Waals surface area contributed by atoms with E-state index in [0.29, 0.717) is 19.6 Å². The number of nitrogens with zero attached hydrogens (tertiary/aromatic N) is 5. The molecule has 0 spiro atoms. The summed E-state index contributed by atoms with van der Waals surface area (Å²) in [4.78, 5) is 29.7. The van der Waals surface area contributed by atoms with Crippen molar-refractivity contribution in [3.05, 3.63) is 41.6 Å². The Bertz CT molecular complexity index is 1150. The Balaban J connectivity index is 1.28. The lowest BCUT2D eigenvalue weighted by Crippen LogP contribution is -2.49. The number of nitrogens with one attached hydrogen (secondary N) is 1. The highest BCUT2D eigenvalue weighted by atomic mass is 32.2. The van der Waals surface area contributed by atoms with Gasteiger partial charge in [-0.25, -0.2) is 13.2 Å². The average molecular weight is 505 g/mol. The van der Waals surface area contributed by atoms with E-state index in [1.807, 2.05) is 0 Å². The molecule has 2 saturated heterocycles. The molecule has 2 aliphatic rings. The summed E-state index contributed by atoms with van der Waals surface area (Å²) >= 11 is 0. The number of ether oxygens (including phenoxy) is 1. The molecule has 1 aromatic heterocycles. The number of aryl methyl sites for hydroxylation is 1. The fourth-order valence-electron chi connectivity index (χ4n) is 4.66. The van der Waals surface area contributed by atoms with E-state index in [1.54, 1.807) is 4.90 Å². The topological polar surface area (TPSA) is 117 Å². The molecule has 0 aliphatic carbocycles. The molecule has 35 heavy (non-hydrogen) atoms. The molecular formula is C23H32N6O5S. The number of anilines is 2. The lowest BCUT2D eigenvalue weighted by Gasteiger charge is -2.35. The van der Waals surface area contributed by atoms with E-state index < -0.39 is 10.0 Å². The van der Waals surface area contributed by atoms with Crippen molar-refractivity contribution in [3.63, 3.8) is 0 Å². The molecule has 2 aromatic rings. The number of carbonyl (C=O) groups is 2. The minimum Gasteiger partial charge on any atom is -0.464 e. The van der Waals surface area contributed by atoms with Gasteiger partial charge in [0.2, 0.25) is 10.0 Å². The second kappa shape index (κ2) is 10.6. The highest BCUT2D eigenvalue weighted by Crippen LogP contribution is 2.26. The number of rotatable bonds is 7. The first-order valence-corrected chi connectivity index (χ1v) is 13.6. The number of hydrogen-bond donors (Lipinski definition) is 1. The number of hydrogen-bond acceptors (Lipinski definition) is 8. The van der Waals surface area contributed by atoms with Gasteiger partial charge in [-0.1, -0.05) is 12.1 Å². The van der Waals surface area contributed by atoms with E-state index in [-0.39, 0.29) is 18.0 Å². The van der Waals surface area contributed by atoms with Gasteiger partial charge in [0, 0.05) is 76.6 Å². The number of benzene rings is 1. The zero-order chi connectivity index (χ0) is 25.0. The smallest absolute Gasteiger partial charge is 0.344 e. The lowest BCUT2D eigenvalue weighted by molar-refractivity contribution is -0.134. The molecule has 0 radical (unpaired) electrons.